The molecule has 9 rings (SSSR count). The Morgan fingerprint density at radius 1 is 0.375 bits per heavy atom. The largest absolute Gasteiger partial charge is 0.311 e. The van der Waals surface area contributed by atoms with Crippen molar-refractivity contribution in [3.05, 3.63) is 187 Å². The number of nitrogens with zero attached hydrogens (tertiary/aromatic N) is 1. The highest BCUT2D eigenvalue weighted by atomic mass is 15.1. The third kappa shape index (κ3) is 4.54. The summed E-state index contributed by atoms with van der Waals surface area (Å²) < 4.78 is 0. The number of hydrogen-bond acceptors (Lipinski definition) is 1. The van der Waals surface area contributed by atoms with Crippen molar-refractivity contribution in [3.63, 3.8) is 0 Å². The first-order chi connectivity index (χ1) is 23.6. The van der Waals surface area contributed by atoms with Gasteiger partial charge in [0.25, 0.3) is 0 Å². The van der Waals surface area contributed by atoms with Crippen LogP contribution in [0.4, 0.5) is 17.1 Å². The van der Waals surface area contributed by atoms with Gasteiger partial charge in [-0.15, -0.1) is 0 Å². The van der Waals surface area contributed by atoms with Crippen molar-refractivity contribution in [2.24, 2.45) is 0 Å². The molecule has 0 fully saturated rings. The molecule has 8 aromatic carbocycles. The fraction of sp³-hybridized carbons (Fsp3) is 0.0638. The molecule has 0 heterocycles. The highest BCUT2D eigenvalue weighted by Gasteiger charge is 2.34. The van der Waals surface area contributed by atoms with Gasteiger partial charge in [-0.2, -0.15) is 0 Å². The molecule has 0 amide bonds. The average molecular weight is 614 g/mol. The average Bonchev–Trinajstić information content (AvgIpc) is 3.39. The molecule has 1 heteroatoms. The maximum absolute atomic E-state index is 2.39. The Bertz CT molecular complexity index is 2340. The predicted molar refractivity (Wildman–Crippen MR) is 205 cm³/mol. The van der Waals surface area contributed by atoms with E-state index in [1.165, 1.54) is 66.1 Å². The Hall–Kier alpha value is -5.92. The minimum atomic E-state index is -0.00352. The summed E-state index contributed by atoms with van der Waals surface area (Å²) in [4.78, 5) is 2.35. The van der Waals surface area contributed by atoms with Gasteiger partial charge in [0.15, 0.2) is 0 Å². The van der Waals surface area contributed by atoms with Crippen molar-refractivity contribution < 1.29 is 0 Å². The summed E-state index contributed by atoms with van der Waals surface area (Å²) in [6.45, 7) is 4.72. The minimum absolute atomic E-state index is 0.00352. The van der Waals surface area contributed by atoms with Gasteiger partial charge < -0.3 is 4.90 Å². The summed E-state index contributed by atoms with van der Waals surface area (Å²) >= 11 is 0. The van der Waals surface area contributed by atoms with E-state index in [1.807, 2.05) is 0 Å². The third-order valence-corrected chi connectivity index (χ3v) is 10.2. The molecule has 0 saturated carbocycles. The zero-order valence-electron chi connectivity index (χ0n) is 27.2. The minimum Gasteiger partial charge on any atom is -0.311 e. The molecule has 1 aliphatic carbocycles. The first kappa shape index (κ1) is 28.3. The molecule has 0 radical (unpaired) electrons. The highest BCUT2D eigenvalue weighted by molar-refractivity contribution is 6.19. The summed E-state index contributed by atoms with van der Waals surface area (Å²) in [7, 11) is 0. The van der Waals surface area contributed by atoms with Crippen molar-refractivity contribution in [3.8, 4) is 33.4 Å². The zero-order valence-corrected chi connectivity index (χ0v) is 27.2. The fourth-order valence-corrected chi connectivity index (χ4v) is 7.78. The van der Waals surface area contributed by atoms with Crippen LogP contribution in [-0.4, -0.2) is 0 Å². The van der Waals surface area contributed by atoms with Crippen molar-refractivity contribution in [1.82, 2.24) is 0 Å². The van der Waals surface area contributed by atoms with Gasteiger partial charge in [0, 0.05) is 22.5 Å². The summed E-state index contributed by atoms with van der Waals surface area (Å²) in [6.07, 6.45) is 0. The lowest BCUT2D eigenvalue weighted by atomic mass is 9.82. The van der Waals surface area contributed by atoms with Gasteiger partial charge in [0.1, 0.15) is 0 Å². The lowest BCUT2D eigenvalue weighted by molar-refractivity contribution is 0.663. The molecule has 1 aliphatic rings. The Balaban J connectivity index is 1.15. The van der Waals surface area contributed by atoms with E-state index >= 15 is 0 Å². The molecule has 48 heavy (non-hydrogen) atoms. The van der Waals surface area contributed by atoms with Crippen LogP contribution in [0.5, 0.6) is 0 Å². The summed E-state index contributed by atoms with van der Waals surface area (Å²) in [5.41, 5.74) is 13.6. The van der Waals surface area contributed by atoms with Gasteiger partial charge in [0.05, 0.1) is 0 Å². The van der Waals surface area contributed by atoms with Gasteiger partial charge in [-0.1, -0.05) is 147 Å². The molecule has 1 nitrogen and oxygen atoms in total. The zero-order chi connectivity index (χ0) is 32.2. The van der Waals surface area contributed by atoms with Crippen molar-refractivity contribution in [1.29, 1.82) is 0 Å². The first-order valence-corrected chi connectivity index (χ1v) is 16.8. The lowest BCUT2D eigenvalue weighted by Gasteiger charge is -2.26. The van der Waals surface area contributed by atoms with E-state index in [0.29, 0.717) is 0 Å². The van der Waals surface area contributed by atoms with E-state index in [9.17, 15) is 0 Å². The monoisotopic (exact) mass is 613 g/mol. The lowest BCUT2D eigenvalue weighted by Crippen LogP contribution is -2.14. The fourth-order valence-electron chi connectivity index (χ4n) is 7.78. The summed E-state index contributed by atoms with van der Waals surface area (Å²) in [5.74, 6) is 0. The molecule has 0 atom stereocenters. The van der Waals surface area contributed by atoms with Crippen molar-refractivity contribution in [2.75, 3.05) is 4.90 Å². The second kappa shape index (κ2) is 11.1. The van der Waals surface area contributed by atoms with Gasteiger partial charge in [-0.3, -0.25) is 0 Å². The van der Waals surface area contributed by atoms with Gasteiger partial charge in [-0.05, 0) is 109 Å². The SMILES string of the molecule is CC1(C)c2cccc3cc(-c4ccc(N(c5ccc(-c6ccccc6)cc5)c5ccc(-c6ccccc6)cc5)cc4)c4cccc1c4c23. The summed E-state index contributed by atoms with van der Waals surface area (Å²) in [5, 5.41) is 5.47. The quantitative estimate of drug-likeness (QED) is 0.169. The third-order valence-electron chi connectivity index (χ3n) is 10.2. The normalized spacial score (nSPS) is 13.0. The molecule has 0 saturated heterocycles. The Morgan fingerprint density at radius 2 is 0.812 bits per heavy atom. The molecular formula is C47H35N. The Labute approximate surface area is 282 Å². The molecule has 0 unspecified atom stereocenters. The second-order valence-corrected chi connectivity index (χ2v) is 13.4. The molecule has 228 valence electrons. The predicted octanol–water partition coefficient (Wildman–Crippen LogP) is 13.1. The Morgan fingerprint density at radius 3 is 1.33 bits per heavy atom. The van der Waals surface area contributed by atoms with E-state index in [2.05, 4.69) is 195 Å². The molecule has 0 aromatic heterocycles. The standard InChI is InChI=1S/C47H35N/c1-47(2)43-17-9-15-37-31-42(41-16-10-18-44(47)46(41)45(37)43)36-23-29-40(30-24-36)48(38-25-19-34(20-26-38)32-11-5-3-6-12-32)39-27-21-35(22-28-39)33-13-7-4-8-14-33/h3-31H,1-2H3. The van der Waals surface area contributed by atoms with Crippen LogP contribution in [0.25, 0.3) is 54.9 Å². The van der Waals surface area contributed by atoms with Crippen LogP contribution in [0.2, 0.25) is 0 Å². The molecule has 0 aliphatic heterocycles. The van der Waals surface area contributed by atoms with Crippen molar-refractivity contribution in [2.45, 2.75) is 19.3 Å². The van der Waals surface area contributed by atoms with E-state index in [1.54, 1.807) is 0 Å². The summed E-state index contributed by atoms with van der Waals surface area (Å²) in [6, 6.07) is 64.1. The van der Waals surface area contributed by atoms with E-state index in [0.717, 1.165) is 17.1 Å². The number of anilines is 3. The molecule has 0 N–H and O–H groups in total. The van der Waals surface area contributed by atoms with Crippen LogP contribution in [0, 0.1) is 0 Å². The van der Waals surface area contributed by atoms with E-state index < -0.39 is 0 Å². The Kier molecular flexibility index (Phi) is 6.55. The van der Waals surface area contributed by atoms with Crippen LogP contribution >= 0.6 is 0 Å². The first-order valence-electron chi connectivity index (χ1n) is 16.8. The van der Waals surface area contributed by atoms with Crippen LogP contribution in [0.1, 0.15) is 25.0 Å². The maximum atomic E-state index is 2.39. The number of benzene rings is 8. The molecule has 0 bridgehead atoms. The van der Waals surface area contributed by atoms with Crippen LogP contribution < -0.4 is 4.90 Å². The molecular weight excluding hydrogens is 579 g/mol. The van der Waals surface area contributed by atoms with Gasteiger partial charge >= 0.3 is 0 Å². The number of hydrogen-bond donors (Lipinski definition) is 0. The number of rotatable bonds is 6. The van der Waals surface area contributed by atoms with Gasteiger partial charge in [0.2, 0.25) is 0 Å². The highest BCUT2D eigenvalue weighted by Crippen LogP contribution is 2.51. The van der Waals surface area contributed by atoms with E-state index in [4.69, 9.17) is 0 Å². The molecule has 8 aromatic rings. The smallest absolute Gasteiger partial charge is 0.0462 e. The van der Waals surface area contributed by atoms with Gasteiger partial charge in [-0.25, -0.2) is 0 Å². The van der Waals surface area contributed by atoms with Crippen molar-refractivity contribution >= 4 is 38.6 Å². The van der Waals surface area contributed by atoms with Crippen LogP contribution in [-0.2, 0) is 5.41 Å². The van der Waals surface area contributed by atoms with Crippen LogP contribution in [0.15, 0.2) is 176 Å². The topological polar surface area (TPSA) is 3.24 Å². The second-order valence-electron chi connectivity index (χ2n) is 13.4. The molecule has 0 spiro atoms. The van der Waals surface area contributed by atoms with Crippen LogP contribution in [0.3, 0.4) is 0 Å². The van der Waals surface area contributed by atoms with E-state index in [-0.39, 0.29) is 5.41 Å². The maximum Gasteiger partial charge on any atom is 0.0462 e.